The van der Waals surface area contributed by atoms with Gasteiger partial charge in [-0.1, -0.05) is 109 Å². The first-order valence-electron chi connectivity index (χ1n) is 17.0. The molecule has 0 aromatic heterocycles. The molecule has 8 heteroatoms. The molecule has 0 saturated carbocycles. The van der Waals surface area contributed by atoms with E-state index in [4.69, 9.17) is 38.2 Å². The molecule has 2 aliphatic rings. The number of rotatable bonds is 14. The Kier molecular flexibility index (Phi) is 11.0. The van der Waals surface area contributed by atoms with Gasteiger partial charge < -0.3 is 28.4 Å². The van der Waals surface area contributed by atoms with Crippen LogP contribution in [0, 0.1) is 0 Å². The molecule has 2 unspecified atom stereocenters. The summed E-state index contributed by atoms with van der Waals surface area (Å²) >= 11 is 0. The molecule has 2 heterocycles. The van der Waals surface area contributed by atoms with Gasteiger partial charge in [0.2, 0.25) is 5.79 Å². The van der Waals surface area contributed by atoms with Crippen LogP contribution < -0.4 is 14.2 Å². The second-order valence-electron chi connectivity index (χ2n) is 12.6. The SMILES string of the molecule is COc1cc([C@H]2CC3(CC([C@H](Cc4ccc(OCc5ccccc5)cc4)OCc4ccccc4)O2)OCOO3)ccc1OCc1ccccc1. The number of benzene rings is 5. The van der Waals surface area contributed by atoms with Crippen molar-refractivity contribution in [2.75, 3.05) is 13.9 Å². The summed E-state index contributed by atoms with van der Waals surface area (Å²) in [6, 6.07) is 44.4. The van der Waals surface area contributed by atoms with E-state index in [0.717, 1.165) is 33.6 Å². The average molecular weight is 675 g/mol. The van der Waals surface area contributed by atoms with E-state index in [9.17, 15) is 0 Å². The molecule has 0 N–H and O–H groups in total. The van der Waals surface area contributed by atoms with Crippen LogP contribution in [0.25, 0.3) is 0 Å². The molecule has 50 heavy (non-hydrogen) atoms. The summed E-state index contributed by atoms with van der Waals surface area (Å²) in [6.07, 6.45) is 0.397. The third-order valence-electron chi connectivity index (χ3n) is 9.06. The highest BCUT2D eigenvalue weighted by atomic mass is 17.3. The quantitative estimate of drug-likeness (QED) is 0.109. The van der Waals surface area contributed by atoms with Crippen molar-refractivity contribution >= 4 is 0 Å². The summed E-state index contributed by atoms with van der Waals surface area (Å²) in [6.45, 7) is 1.42. The smallest absolute Gasteiger partial charge is 0.209 e. The lowest BCUT2D eigenvalue weighted by Gasteiger charge is -2.42. The first-order chi connectivity index (χ1) is 24.6. The van der Waals surface area contributed by atoms with Gasteiger partial charge in [0.25, 0.3) is 0 Å². The molecule has 7 rings (SSSR count). The van der Waals surface area contributed by atoms with Crippen molar-refractivity contribution in [2.45, 2.75) is 63.2 Å². The Morgan fingerprint density at radius 1 is 0.660 bits per heavy atom. The third-order valence-corrected chi connectivity index (χ3v) is 9.06. The van der Waals surface area contributed by atoms with Crippen molar-refractivity contribution in [3.8, 4) is 17.2 Å². The molecule has 0 radical (unpaired) electrons. The Morgan fingerprint density at radius 3 is 1.92 bits per heavy atom. The van der Waals surface area contributed by atoms with Gasteiger partial charge in [0.05, 0.1) is 32.0 Å². The summed E-state index contributed by atoms with van der Waals surface area (Å²) in [5.74, 6) is 1.10. The first kappa shape index (κ1) is 33.8. The predicted molar refractivity (Wildman–Crippen MR) is 187 cm³/mol. The third kappa shape index (κ3) is 8.71. The van der Waals surface area contributed by atoms with E-state index in [-0.39, 0.29) is 25.1 Å². The molecule has 0 amide bonds. The lowest BCUT2D eigenvalue weighted by atomic mass is 9.89. The van der Waals surface area contributed by atoms with Gasteiger partial charge in [0.15, 0.2) is 18.3 Å². The van der Waals surface area contributed by atoms with E-state index < -0.39 is 5.79 Å². The van der Waals surface area contributed by atoms with Crippen LogP contribution in [0.5, 0.6) is 17.2 Å². The monoisotopic (exact) mass is 674 g/mol. The first-order valence-corrected chi connectivity index (χ1v) is 17.0. The van der Waals surface area contributed by atoms with Gasteiger partial charge in [-0.2, -0.15) is 4.89 Å². The summed E-state index contributed by atoms with van der Waals surface area (Å²) in [4.78, 5) is 11.2. The lowest BCUT2D eigenvalue weighted by Crippen LogP contribution is -2.48. The maximum absolute atomic E-state index is 6.90. The van der Waals surface area contributed by atoms with E-state index >= 15 is 0 Å². The molecule has 258 valence electrons. The minimum absolute atomic E-state index is 0.0506. The zero-order valence-electron chi connectivity index (χ0n) is 28.1. The van der Waals surface area contributed by atoms with Gasteiger partial charge in [-0.05, 0) is 52.1 Å². The Hall–Kier alpha value is -4.70. The van der Waals surface area contributed by atoms with Gasteiger partial charge in [-0.25, -0.2) is 4.89 Å². The molecule has 0 aliphatic carbocycles. The highest BCUT2D eigenvalue weighted by Gasteiger charge is 2.50. The summed E-state index contributed by atoms with van der Waals surface area (Å²) in [7, 11) is 1.64. The molecule has 0 bridgehead atoms. The molecule has 8 nitrogen and oxygen atoms in total. The van der Waals surface area contributed by atoms with Crippen LogP contribution >= 0.6 is 0 Å². The van der Waals surface area contributed by atoms with Gasteiger partial charge in [0.1, 0.15) is 19.0 Å². The van der Waals surface area contributed by atoms with Gasteiger partial charge in [0, 0.05) is 19.3 Å². The van der Waals surface area contributed by atoms with E-state index in [1.54, 1.807) is 7.11 Å². The summed E-state index contributed by atoms with van der Waals surface area (Å²) in [5, 5.41) is 0. The van der Waals surface area contributed by atoms with Crippen molar-refractivity contribution in [3.05, 3.63) is 161 Å². The van der Waals surface area contributed by atoms with E-state index in [1.807, 2.05) is 97.1 Å². The minimum Gasteiger partial charge on any atom is -0.493 e. The number of hydrogen-bond donors (Lipinski definition) is 0. The number of hydrogen-bond acceptors (Lipinski definition) is 8. The van der Waals surface area contributed by atoms with Gasteiger partial charge in [-0.15, -0.1) is 0 Å². The topological polar surface area (TPSA) is 73.8 Å². The second kappa shape index (κ2) is 16.3. The van der Waals surface area contributed by atoms with Crippen LogP contribution in [0.2, 0.25) is 0 Å². The van der Waals surface area contributed by atoms with Crippen molar-refractivity contribution in [3.63, 3.8) is 0 Å². The fraction of sp³-hybridized carbons (Fsp3) is 0.286. The largest absolute Gasteiger partial charge is 0.493 e. The van der Waals surface area contributed by atoms with Gasteiger partial charge in [-0.3, -0.25) is 0 Å². The minimum atomic E-state index is -0.979. The number of ether oxygens (including phenoxy) is 6. The Balaban J connectivity index is 1.10. The van der Waals surface area contributed by atoms with Gasteiger partial charge >= 0.3 is 0 Å². The fourth-order valence-corrected chi connectivity index (χ4v) is 6.38. The normalized spacial score (nSPS) is 20.7. The highest BCUT2D eigenvalue weighted by Crippen LogP contribution is 2.45. The molecule has 2 saturated heterocycles. The van der Waals surface area contributed by atoms with Crippen molar-refractivity contribution < 1.29 is 38.2 Å². The Morgan fingerprint density at radius 2 is 1.30 bits per heavy atom. The summed E-state index contributed by atoms with van der Waals surface area (Å²) < 4.78 is 37.6. The zero-order chi connectivity index (χ0) is 34.0. The van der Waals surface area contributed by atoms with Crippen molar-refractivity contribution in [2.24, 2.45) is 0 Å². The fourth-order valence-electron chi connectivity index (χ4n) is 6.38. The van der Waals surface area contributed by atoms with E-state index in [1.165, 1.54) is 0 Å². The molecule has 2 fully saturated rings. The van der Waals surface area contributed by atoms with E-state index in [0.29, 0.717) is 50.6 Å². The molecular formula is C42H42O8. The summed E-state index contributed by atoms with van der Waals surface area (Å²) in [5.41, 5.74) is 5.29. The standard InChI is InChI=1S/C42H42O8/c1-43-38-24-35(19-22-37(38)45-28-33-13-7-3-8-14-33)40-25-42(47-30-48-50-42)26-41(49-40)39(46-29-34-15-9-4-10-16-34)23-31-17-20-36(21-18-31)44-27-32-11-5-2-6-12-32/h2-22,24,39-41H,23,25-30H2,1H3/t39-,40+,41?,42?/m0/s1. The predicted octanol–water partition coefficient (Wildman–Crippen LogP) is 8.53. The van der Waals surface area contributed by atoms with Crippen LogP contribution in [0.1, 0.15) is 46.8 Å². The van der Waals surface area contributed by atoms with Crippen LogP contribution in [0.4, 0.5) is 0 Å². The van der Waals surface area contributed by atoms with Crippen molar-refractivity contribution in [1.29, 1.82) is 0 Å². The maximum atomic E-state index is 6.90. The van der Waals surface area contributed by atoms with Crippen LogP contribution in [-0.2, 0) is 50.2 Å². The molecular weight excluding hydrogens is 632 g/mol. The van der Waals surface area contributed by atoms with Crippen LogP contribution in [0.15, 0.2) is 133 Å². The molecule has 5 aromatic rings. The van der Waals surface area contributed by atoms with Crippen LogP contribution in [-0.4, -0.2) is 31.9 Å². The molecule has 4 atom stereocenters. The molecule has 2 aliphatic heterocycles. The number of methoxy groups -OCH3 is 1. The Labute approximate surface area is 293 Å². The Bertz CT molecular complexity index is 1760. The highest BCUT2D eigenvalue weighted by molar-refractivity contribution is 5.44. The average Bonchev–Trinajstić information content (AvgIpc) is 3.62. The zero-order valence-corrected chi connectivity index (χ0v) is 28.1. The lowest BCUT2D eigenvalue weighted by molar-refractivity contribution is -0.353. The molecule has 1 spiro atoms. The van der Waals surface area contributed by atoms with Crippen LogP contribution in [0.3, 0.4) is 0 Å². The maximum Gasteiger partial charge on any atom is 0.209 e. The second-order valence-corrected chi connectivity index (χ2v) is 12.6. The molecule has 5 aromatic carbocycles. The van der Waals surface area contributed by atoms with E-state index in [2.05, 4.69) is 36.4 Å². The van der Waals surface area contributed by atoms with Crippen molar-refractivity contribution in [1.82, 2.24) is 0 Å².